The van der Waals surface area contributed by atoms with Crippen LogP contribution in [-0.4, -0.2) is 9.97 Å². The summed E-state index contributed by atoms with van der Waals surface area (Å²) < 4.78 is 0. The minimum absolute atomic E-state index is 0.938. The molecular weight excluding hydrogens is 160 g/mol. The predicted molar refractivity (Wildman–Crippen MR) is 52.8 cm³/mol. The molecule has 0 aliphatic heterocycles. The second-order valence-corrected chi connectivity index (χ2v) is 2.66. The van der Waals surface area contributed by atoms with Gasteiger partial charge in [0.2, 0.25) is 0 Å². The van der Waals surface area contributed by atoms with E-state index in [0.29, 0.717) is 0 Å². The zero-order chi connectivity index (χ0) is 8.93. The number of nitrogens with one attached hydrogen (secondary N) is 1. The van der Waals surface area contributed by atoms with E-state index in [1.54, 1.807) is 6.33 Å². The molecule has 0 atom stereocenters. The molecule has 63 valence electrons. The molecule has 0 unspecified atom stereocenters. The Bertz CT molecular complexity index is 374. The second kappa shape index (κ2) is 3.72. The van der Waals surface area contributed by atoms with E-state index in [1.165, 1.54) is 0 Å². The molecule has 2 rings (SSSR count). The number of benzene rings is 1. The minimum Gasteiger partial charge on any atom is -0.351 e. The zero-order valence-electron chi connectivity index (χ0n) is 7.07. The zero-order valence-corrected chi connectivity index (χ0v) is 7.07. The Labute approximate surface area is 77.0 Å². The van der Waals surface area contributed by atoms with Crippen LogP contribution in [0.2, 0.25) is 0 Å². The molecule has 2 nitrogen and oxygen atoms in total. The van der Waals surface area contributed by atoms with Crippen LogP contribution in [-0.2, 0) is 0 Å². The molecule has 2 heteroatoms. The van der Waals surface area contributed by atoms with Crippen molar-refractivity contribution in [2.75, 3.05) is 0 Å². The molecule has 0 amide bonds. The number of aromatic nitrogens is 2. The van der Waals surface area contributed by atoms with Gasteiger partial charge >= 0.3 is 0 Å². The average molecular weight is 169 g/mol. The number of hydrogen-bond donors (Lipinski definition) is 1. The summed E-state index contributed by atoms with van der Waals surface area (Å²) in [5.74, 6) is 0. The molecule has 13 heavy (non-hydrogen) atoms. The topological polar surface area (TPSA) is 28.7 Å². The fourth-order valence-electron chi connectivity index (χ4n) is 1.06. The van der Waals surface area contributed by atoms with Gasteiger partial charge in [0.1, 0.15) is 0 Å². The maximum atomic E-state index is 4.08. The van der Waals surface area contributed by atoms with Crippen LogP contribution in [0.15, 0.2) is 36.8 Å². The van der Waals surface area contributed by atoms with Crippen molar-refractivity contribution < 1.29 is 0 Å². The Morgan fingerprint density at radius 3 is 2.77 bits per heavy atom. The lowest BCUT2D eigenvalue weighted by Crippen LogP contribution is -1.70. The van der Waals surface area contributed by atoms with Crippen molar-refractivity contribution in [3.63, 3.8) is 0 Å². The number of rotatable bonds is 2. The Kier molecular flexibility index (Phi) is 2.23. The standard InChI is InChI=1S/C11H9N2/c1-2-4-10(5-3-1)6-7-11-8-12-9-13-11/h2-9H,(H,12,13). The third kappa shape index (κ3) is 2.06. The molecule has 0 aliphatic rings. The van der Waals surface area contributed by atoms with Gasteiger partial charge in [0.05, 0.1) is 12.0 Å². The van der Waals surface area contributed by atoms with Gasteiger partial charge in [0.15, 0.2) is 0 Å². The van der Waals surface area contributed by atoms with E-state index >= 15 is 0 Å². The highest BCUT2D eigenvalue weighted by Gasteiger charge is 1.86. The predicted octanol–water partition coefficient (Wildman–Crippen LogP) is 2.38. The third-order valence-corrected chi connectivity index (χ3v) is 1.71. The molecule has 1 aromatic carbocycles. The number of H-pyrrole nitrogens is 1. The highest BCUT2D eigenvalue weighted by Crippen LogP contribution is 2.04. The first-order chi connectivity index (χ1) is 6.45. The smallest absolute Gasteiger partial charge is 0.0927 e. The summed E-state index contributed by atoms with van der Waals surface area (Å²) in [6.45, 7) is 0. The molecule has 0 fully saturated rings. The Morgan fingerprint density at radius 1 is 1.23 bits per heavy atom. The fourth-order valence-corrected chi connectivity index (χ4v) is 1.06. The van der Waals surface area contributed by atoms with Crippen LogP contribution in [0.5, 0.6) is 0 Å². The molecule has 1 N–H and O–H groups in total. The quantitative estimate of drug-likeness (QED) is 0.734. The summed E-state index contributed by atoms with van der Waals surface area (Å²) in [5.41, 5.74) is 2.09. The molecule has 0 aliphatic carbocycles. The van der Waals surface area contributed by atoms with E-state index < -0.39 is 0 Å². The first-order valence-electron chi connectivity index (χ1n) is 4.08. The van der Waals surface area contributed by atoms with Gasteiger partial charge in [0.25, 0.3) is 0 Å². The van der Waals surface area contributed by atoms with Crippen molar-refractivity contribution in [2.45, 2.75) is 0 Å². The van der Waals surface area contributed by atoms with Crippen molar-refractivity contribution in [1.29, 1.82) is 0 Å². The van der Waals surface area contributed by atoms with E-state index in [1.807, 2.05) is 42.6 Å². The summed E-state index contributed by atoms with van der Waals surface area (Å²) >= 11 is 0. The van der Waals surface area contributed by atoms with E-state index in [0.717, 1.165) is 11.3 Å². The average Bonchev–Trinajstić information content (AvgIpc) is 2.69. The lowest BCUT2D eigenvalue weighted by atomic mass is 10.2. The van der Waals surface area contributed by atoms with Crippen LogP contribution in [0.25, 0.3) is 12.2 Å². The maximum Gasteiger partial charge on any atom is 0.0927 e. The highest BCUT2D eigenvalue weighted by atomic mass is 14.8. The van der Waals surface area contributed by atoms with Gasteiger partial charge in [-0.3, -0.25) is 0 Å². The van der Waals surface area contributed by atoms with Gasteiger partial charge in [-0.1, -0.05) is 30.3 Å². The number of imidazole rings is 1. The van der Waals surface area contributed by atoms with E-state index in [-0.39, 0.29) is 0 Å². The van der Waals surface area contributed by atoms with E-state index in [4.69, 9.17) is 0 Å². The lowest BCUT2D eigenvalue weighted by Gasteiger charge is -1.88. The summed E-state index contributed by atoms with van der Waals surface area (Å²) in [7, 11) is 0. The SMILES string of the molecule is [c]1ccc(C=Cc2c[nH]cn2)cc1. The van der Waals surface area contributed by atoms with Crippen molar-refractivity contribution in [3.8, 4) is 0 Å². The number of hydrogen-bond acceptors (Lipinski definition) is 1. The lowest BCUT2D eigenvalue weighted by molar-refractivity contribution is 1.31. The molecule has 1 heterocycles. The van der Waals surface area contributed by atoms with Gasteiger partial charge in [-0.15, -0.1) is 0 Å². The maximum absolute atomic E-state index is 4.08. The molecular formula is C11H9N2. The summed E-state index contributed by atoms with van der Waals surface area (Å²) in [6.07, 6.45) is 7.50. The Morgan fingerprint density at radius 2 is 2.08 bits per heavy atom. The molecule has 0 spiro atoms. The van der Waals surface area contributed by atoms with Crippen molar-refractivity contribution >= 4 is 12.2 Å². The van der Waals surface area contributed by atoms with Crippen molar-refractivity contribution in [2.24, 2.45) is 0 Å². The Hall–Kier alpha value is -1.83. The molecule has 0 saturated carbocycles. The monoisotopic (exact) mass is 169 g/mol. The highest BCUT2D eigenvalue weighted by molar-refractivity contribution is 5.67. The fraction of sp³-hybridized carbons (Fsp3) is 0. The summed E-state index contributed by atoms with van der Waals surface area (Å²) in [5, 5.41) is 0. The van der Waals surface area contributed by atoms with Gasteiger partial charge in [0, 0.05) is 6.20 Å². The van der Waals surface area contributed by atoms with Gasteiger partial charge in [-0.05, 0) is 17.7 Å². The normalized spacial score (nSPS) is 10.8. The third-order valence-electron chi connectivity index (χ3n) is 1.71. The van der Waals surface area contributed by atoms with Gasteiger partial charge < -0.3 is 4.98 Å². The van der Waals surface area contributed by atoms with Crippen molar-refractivity contribution in [3.05, 3.63) is 54.1 Å². The molecule has 0 bridgehead atoms. The van der Waals surface area contributed by atoms with Crippen LogP contribution >= 0.6 is 0 Å². The molecule has 1 radical (unpaired) electrons. The number of nitrogens with zero attached hydrogens (tertiary/aromatic N) is 1. The Balaban J connectivity index is 2.15. The van der Waals surface area contributed by atoms with Gasteiger partial charge in [-0.25, -0.2) is 4.98 Å². The largest absolute Gasteiger partial charge is 0.351 e. The number of aromatic amines is 1. The van der Waals surface area contributed by atoms with Crippen LogP contribution in [0.1, 0.15) is 11.3 Å². The van der Waals surface area contributed by atoms with E-state index in [9.17, 15) is 0 Å². The summed E-state index contributed by atoms with van der Waals surface area (Å²) in [4.78, 5) is 6.98. The summed E-state index contributed by atoms with van der Waals surface area (Å²) in [6, 6.07) is 10.8. The van der Waals surface area contributed by atoms with Crippen LogP contribution in [0.3, 0.4) is 0 Å². The van der Waals surface area contributed by atoms with E-state index in [2.05, 4.69) is 16.0 Å². The molecule has 2 aromatic rings. The molecule has 0 saturated heterocycles. The van der Waals surface area contributed by atoms with Crippen LogP contribution in [0, 0.1) is 6.07 Å². The van der Waals surface area contributed by atoms with Crippen molar-refractivity contribution in [1.82, 2.24) is 9.97 Å². The van der Waals surface area contributed by atoms with Gasteiger partial charge in [-0.2, -0.15) is 0 Å². The minimum atomic E-state index is 0.938. The van der Waals surface area contributed by atoms with Crippen LogP contribution < -0.4 is 0 Å². The first-order valence-corrected chi connectivity index (χ1v) is 4.08. The molecule has 1 aromatic heterocycles. The van der Waals surface area contributed by atoms with Crippen LogP contribution in [0.4, 0.5) is 0 Å². The first kappa shape index (κ1) is 7.80. The second-order valence-electron chi connectivity index (χ2n) is 2.66.